The Labute approximate surface area is 224 Å². The van der Waals surface area contributed by atoms with Gasteiger partial charge in [0, 0.05) is 107 Å². The quantitative estimate of drug-likeness (QED) is 0.566. The molecule has 0 unspecified atom stereocenters. The van der Waals surface area contributed by atoms with E-state index in [2.05, 4.69) is 160 Å². The molecule has 0 N–H and O–H groups in total. The average Bonchev–Trinajstić information content (AvgIpc) is 2.92. The van der Waals surface area contributed by atoms with E-state index in [0.717, 1.165) is 5.56 Å². The molecule has 0 aromatic heterocycles. The van der Waals surface area contributed by atoms with Gasteiger partial charge in [0.2, 0.25) is 0 Å². The third-order valence-electron chi connectivity index (χ3n) is 3.41. The Morgan fingerprint density at radius 2 is 0.816 bits per heavy atom. The zero-order chi connectivity index (χ0) is 27.5. The Hall–Kier alpha value is -7.21. The van der Waals surface area contributed by atoms with Crippen LogP contribution in [-0.2, 0) is 0 Å². The monoisotopic (exact) mass is 476 g/mol. The number of benzene rings is 1. The number of hydrogen-bond acceptors (Lipinski definition) is 1. The number of terminal acetylenes is 1. The van der Waals surface area contributed by atoms with Crippen LogP contribution < -0.4 is 4.74 Å². The Morgan fingerprint density at radius 3 is 1.16 bits per heavy atom. The smallest absolute Gasteiger partial charge is 0.176 e. The lowest BCUT2D eigenvalue weighted by Crippen LogP contribution is -1.93. The summed E-state index contributed by atoms with van der Waals surface area (Å²) in [5, 5.41) is 0. The van der Waals surface area contributed by atoms with Crippen molar-refractivity contribution in [3.8, 4) is 172 Å². The zero-order valence-corrected chi connectivity index (χ0v) is 20.0. The summed E-state index contributed by atoms with van der Waals surface area (Å²) in [4.78, 5) is 0. The SMILES string of the molecule is C#CC#CC#CC#CC#CC#CC#CC#CC#CC#CC#CC#CC#CC#COc1ccc(C)c(C)c1F. The maximum absolute atomic E-state index is 13.9. The fourth-order valence-electron chi connectivity index (χ4n) is 1.70. The van der Waals surface area contributed by atoms with Gasteiger partial charge in [-0.05, 0) is 78.4 Å². The van der Waals surface area contributed by atoms with Gasteiger partial charge in [0.1, 0.15) is 6.11 Å². The van der Waals surface area contributed by atoms with Gasteiger partial charge < -0.3 is 4.74 Å². The molecule has 0 heterocycles. The second kappa shape index (κ2) is 20.4. The fourth-order valence-corrected chi connectivity index (χ4v) is 1.70. The Bertz CT molecular complexity index is 2000. The van der Waals surface area contributed by atoms with Gasteiger partial charge in [-0.15, -0.1) is 6.42 Å². The van der Waals surface area contributed by atoms with Crippen LogP contribution in [0, 0.1) is 186 Å². The molecule has 0 radical (unpaired) electrons. The van der Waals surface area contributed by atoms with E-state index in [1.165, 1.54) is 6.07 Å². The predicted octanol–water partition coefficient (Wildman–Crippen LogP) is 2.46. The van der Waals surface area contributed by atoms with Crippen LogP contribution >= 0.6 is 0 Å². The normalized spacial score (nSPS) is 5.63. The molecule has 1 aromatic rings. The lowest BCUT2D eigenvalue weighted by atomic mass is 10.1. The molecule has 0 fully saturated rings. The summed E-state index contributed by atoms with van der Waals surface area (Å²) in [5.41, 5.74) is 1.34. The van der Waals surface area contributed by atoms with Crippen molar-refractivity contribution in [1.29, 1.82) is 0 Å². The van der Waals surface area contributed by atoms with Gasteiger partial charge in [-0.1, -0.05) is 6.07 Å². The largest absolute Gasteiger partial charge is 0.404 e. The maximum Gasteiger partial charge on any atom is 0.176 e. The number of rotatable bonds is 1. The van der Waals surface area contributed by atoms with Crippen LogP contribution in [0.2, 0.25) is 0 Å². The highest BCUT2D eigenvalue weighted by Gasteiger charge is 2.07. The highest BCUT2D eigenvalue weighted by Crippen LogP contribution is 2.22. The molecule has 0 spiro atoms. The van der Waals surface area contributed by atoms with Crippen LogP contribution in [0.1, 0.15) is 11.1 Å². The minimum Gasteiger partial charge on any atom is -0.404 e. The minimum atomic E-state index is -0.448. The van der Waals surface area contributed by atoms with Crippen molar-refractivity contribution in [2.45, 2.75) is 13.8 Å². The van der Waals surface area contributed by atoms with Gasteiger partial charge >= 0.3 is 0 Å². The lowest BCUT2D eigenvalue weighted by Gasteiger charge is -2.04. The molecule has 0 atom stereocenters. The summed E-state index contributed by atoms with van der Waals surface area (Å²) < 4.78 is 19.0. The molecule has 0 aliphatic heterocycles. The van der Waals surface area contributed by atoms with E-state index in [1.54, 1.807) is 13.0 Å². The van der Waals surface area contributed by atoms with Crippen molar-refractivity contribution < 1.29 is 9.13 Å². The standard InChI is InChI=1S/C36H9FO/c1-4-5-6-7-8-9-10-11-12-13-14-15-16-17-18-19-20-21-22-23-24-25-26-27-28-29-32-38-35-31-30-33(2)34(3)36(35)37/h1,30-31H,2-3H3. The molecule has 0 saturated heterocycles. The molecule has 1 nitrogen and oxygen atoms in total. The molecule has 0 aliphatic carbocycles. The molecule has 0 amide bonds. The van der Waals surface area contributed by atoms with E-state index in [1.807, 2.05) is 6.92 Å². The van der Waals surface area contributed by atoms with Crippen molar-refractivity contribution in [3.63, 3.8) is 0 Å². The highest BCUT2D eigenvalue weighted by atomic mass is 19.1. The van der Waals surface area contributed by atoms with Gasteiger partial charge in [0.25, 0.3) is 0 Å². The number of ether oxygens (including phenoxy) is 1. The summed E-state index contributed by atoms with van der Waals surface area (Å²) in [5.74, 6) is 63.4. The van der Waals surface area contributed by atoms with Gasteiger partial charge in [-0.3, -0.25) is 0 Å². The van der Waals surface area contributed by atoms with Crippen LogP contribution in [0.15, 0.2) is 12.1 Å². The van der Waals surface area contributed by atoms with Crippen molar-refractivity contribution in [2.75, 3.05) is 0 Å². The molecule has 166 valence electrons. The van der Waals surface area contributed by atoms with E-state index in [-0.39, 0.29) is 5.75 Å². The number of halogens is 1. The van der Waals surface area contributed by atoms with Crippen molar-refractivity contribution >= 4 is 0 Å². The Kier molecular flexibility index (Phi) is 15.5. The van der Waals surface area contributed by atoms with Crippen LogP contribution in [0.4, 0.5) is 4.39 Å². The average molecular weight is 476 g/mol. The van der Waals surface area contributed by atoms with Crippen LogP contribution in [0.5, 0.6) is 5.75 Å². The topological polar surface area (TPSA) is 9.23 Å². The molecule has 0 aliphatic rings. The minimum absolute atomic E-state index is 0.0466. The van der Waals surface area contributed by atoms with E-state index < -0.39 is 5.82 Å². The third-order valence-corrected chi connectivity index (χ3v) is 3.41. The molecular weight excluding hydrogens is 467 g/mol. The van der Waals surface area contributed by atoms with E-state index in [4.69, 9.17) is 11.2 Å². The molecule has 1 rings (SSSR count). The molecule has 1 aromatic carbocycles. The summed E-state index contributed by atoms with van der Waals surface area (Å²) in [6, 6.07) is 3.26. The summed E-state index contributed by atoms with van der Waals surface area (Å²) in [6.07, 6.45) is 7.23. The Balaban J connectivity index is 2.44. The van der Waals surface area contributed by atoms with Crippen molar-refractivity contribution in [2.24, 2.45) is 0 Å². The first-order valence-electron chi connectivity index (χ1n) is 10.0. The van der Waals surface area contributed by atoms with E-state index >= 15 is 0 Å². The number of aryl methyl sites for hydroxylation is 1. The van der Waals surface area contributed by atoms with Gasteiger partial charge in [-0.2, -0.15) is 0 Å². The fraction of sp³-hybridized carbons (Fsp3) is 0.0556. The summed E-state index contributed by atoms with van der Waals surface area (Å²) >= 11 is 0. The molecule has 38 heavy (non-hydrogen) atoms. The lowest BCUT2D eigenvalue weighted by molar-refractivity contribution is 0.466. The van der Waals surface area contributed by atoms with Crippen molar-refractivity contribution in [3.05, 3.63) is 29.1 Å². The summed E-state index contributed by atoms with van der Waals surface area (Å²) in [7, 11) is 0. The third kappa shape index (κ3) is 14.8. The molecular formula is C36H9FO. The predicted molar refractivity (Wildman–Crippen MR) is 146 cm³/mol. The van der Waals surface area contributed by atoms with E-state index in [0.29, 0.717) is 5.56 Å². The number of hydrogen-bond donors (Lipinski definition) is 0. The van der Waals surface area contributed by atoms with Crippen LogP contribution in [0.25, 0.3) is 0 Å². The van der Waals surface area contributed by atoms with Crippen LogP contribution in [0.3, 0.4) is 0 Å². The first-order valence-corrected chi connectivity index (χ1v) is 10.0. The second-order valence-electron chi connectivity index (χ2n) is 5.79. The first kappa shape index (κ1) is 28.8. The summed E-state index contributed by atoms with van der Waals surface area (Å²) in [6.45, 7) is 3.48. The van der Waals surface area contributed by atoms with E-state index in [9.17, 15) is 4.39 Å². The van der Waals surface area contributed by atoms with Gasteiger partial charge in [0.05, 0.1) is 0 Å². The maximum atomic E-state index is 13.9. The molecule has 2 heteroatoms. The highest BCUT2D eigenvalue weighted by molar-refractivity contribution is 5.48. The van der Waals surface area contributed by atoms with Crippen LogP contribution in [-0.4, -0.2) is 0 Å². The zero-order valence-electron chi connectivity index (χ0n) is 20.0. The first-order chi connectivity index (χ1) is 18.7. The Morgan fingerprint density at radius 1 is 0.500 bits per heavy atom. The molecule has 0 bridgehead atoms. The van der Waals surface area contributed by atoms with Gasteiger partial charge in [0.15, 0.2) is 11.6 Å². The van der Waals surface area contributed by atoms with Gasteiger partial charge in [-0.25, -0.2) is 4.39 Å². The molecule has 0 saturated carbocycles. The second-order valence-corrected chi connectivity index (χ2v) is 5.79. The van der Waals surface area contributed by atoms with Crippen molar-refractivity contribution in [1.82, 2.24) is 0 Å².